The van der Waals surface area contributed by atoms with Gasteiger partial charge >= 0.3 is 5.97 Å². The van der Waals surface area contributed by atoms with Crippen LogP contribution in [0.3, 0.4) is 0 Å². The summed E-state index contributed by atoms with van der Waals surface area (Å²) in [5.41, 5.74) is -0.117. The Labute approximate surface area is 206 Å². The van der Waals surface area contributed by atoms with Crippen LogP contribution in [0.2, 0.25) is 0 Å². The second-order valence-electron chi connectivity index (χ2n) is 11.0. The Morgan fingerprint density at radius 1 is 1.14 bits per heavy atom. The molecule has 190 valence electrons. The normalized spacial score (nSPS) is 33.5. The molecule has 1 aromatic rings. The Bertz CT molecular complexity index is 984. The van der Waals surface area contributed by atoms with Gasteiger partial charge in [0.15, 0.2) is 0 Å². The van der Waals surface area contributed by atoms with Gasteiger partial charge in [-0.15, -0.1) is 0 Å². The predicted octanol–water partition coefficient (Wildman–Crippen LogP) is 1.74. The highest BCUT2D eigenvalue weighted by Gasteiger charge is 2.55. The van der Waals surface area contributed by atoms with Crippen molar-refractivity contribution in [3.63, 3.8) is 0 Å². The molecule has 4 saturated carbocycles. The number of anilines is 1. The summed E-state index contributed by atoms with van der Waals surface area (Å²) >= 11 is 0. The van der Waals surface area contributed by atoms with Gasteiger partial charge in [-0.2, -0.15) is 0 Å². The SMILES string of the molecule is COC(=O)CCC(=O)N1CCN(c2cccc(C(=O)NC3C4CC5CC3CC(O)(C5)C4)n2)C(C)C1. The number of esters is 1. The number of methoxy groups -OCH3 is 1. The Hall–Kier alpha value is -2.68. The number of amides is 2. The van der Waals surface area contributed by atoms with Gasteiger partial charge in [0.25, 0.3) is 5.91 Å². The summed E-state index contributed by atoms with van der Waals surface area (Å²) in [7, 11) is 1.32. The van der Waals surface area contributed by atoms with Crippen molar-refractivity contribution in [3.05, 3.63) is 23.9 Å². The first-order valence-corrected chi connectivity index (χ1v) is 12.9. The zero-order chi connectivity index (χ0) is 24.7. The van der Waals surface area contributed by atoms with Crippen LogP contribution in [0, 0.1) is 17.8 Å². The number of nitrogens with one attached hydrogen (secondary N) is 1. The third kappa shape index (κ3) is 4.87. The van der Waals surface area contributed by atoms with E-state index in [1.165, 1.54) is 7.11 Å². The molecule has 1 saturated heterocycles. The largest absolute Gasteiger partial charge is 0.469 e. The summed E-state index contributed by atoms with van der Waals surface area (Å²) in [6, 6.07) is 5.66. The van der Waals surface area contributed by atoms with Crippen molar-refractivity contribution in [2.75, 3.05) is 31.6 Å². The average molecular weight is 485 g/mol. The zero-order valence-electron chi connectivity index (χ0n) is 20.6. The molecule has 9 heteroatoms. The van der Waals surface area contributed by atoms with E-state index >= 15 is 0 Å². The second kappa shape index (κ2) is 9.41. The molecule has 4 aliphatic carbocycles. The third-order valence-corrected chi connectivity index (χ3v) is 8.55. The molecule has 2 amide bonds. The van der Waals surface area contributed by atoms with Crippen LogP contribution in [0.1, 0.15) is 62.4 Å². The smallest absolute Gasteiger partial charge is 0.306 e. The standard InChI is InChI=1S/C26H36N4O5/c1-16-15-29(22(31)6-7-23(32)35-2)8-9-30(16)21-5-3-4-20(27-21)25(33)28-24-18-10-17-11-19(24)14-26(34,12-17)13-18/h3-5,16-19,24,34H,6-15H2,1-2H3,(H,28,33). The molecule has 2 N–H and O–H groups in total. The van der Waals surface area contributed by atoms with Crippen molar-refractivity contribution in [1.29, 1.82) is 0 Å². The minimum atomic E-state index is -0.519. The number of aromatic nitrogens is 1. The van der Waals surface area contributed by atoms with E-state index in [4.69, 9.17) is 0 Å². The fraction of sp³-hybridized carbons (Fsp3) is 0.692. The number of hydrogen-bond acceptors (Lipinski definition) is 7. The monoisotopic (exact) mass is 484 g/mol. The van der Waals surface area contributed by atoms with Gasteiger partial charge in [-0.1, -0.05) is 6.07 Å². The van der Waals surface area contributed by atoms with Gasteiger partial charge in [0.1, 0.15) is 11.5 Å². The highest BCUT2D eigenvalue weighted by Crippen LogP contribution is 2.55. The molecule has 1 aromatic heterocycles. The lowest BCUT2D eigenvalue weighted by Gasteiger charge is -2.58. The minimum absolute atomic E-state index is 0.0295. The number of carbonyl (C=O) groups excluding carboxylic acids is 3. The highest BCUT2D eigenvalue weighted by atomic mass is 16.5. The molecule has 0 spiro atoms. The first kappa shape index (κ1) is 24.0. The van der Waals surface area contributed by atoms with Crippen LogP contribution in [0.25, 0.3) is 0 Å². The maximum Gasteiger partial charge on any atom is 0.306 e. The van der Waals surface area contributed by atoms with E-state index in [0.29, 0.717) is 43.1 Å². The predicted molar refractivity (Wildman–Crippen MR) is 129 cm³/mol. The number of ether oxygens (including phenoxy) is 1. The van der Waals surface area contributed by atoms with E-state index in [0.717, 1.165) is 37.9 Å². The fourth-order valence-electron chi connectivity index (χ4n) is 7.15. The van der Waals surface area contributed by atoms with E-state index in [-0.39, 0.29) is 42.7 Å². The summed E-state index contributed by atoms with van der Waals surface area (Å²) in [4.78, 5) is 45.6. The molecular formula is C26H36N4O5. The Kier molecular flexibility index (Phi) is 6.46. The number of piperazine rings is 1. The summed E-state index contributed by atoms with van der Waals surface area (Å²) in [5.74, 6) is 1.44. The maximum atomic E-state index is 13.2. The van der Waals surface area contributed by atoms with Crippen LogP contribution in [-0.2, 0) is 14.3 Å². The van der Waals surface area contributed by atoms with E-state index in [1.807, 2.05) is 19.1 Å². The number of rotatable bonds is 6. The van der Waals surface area contributed by atoms with Crippen molar-refractivity contribution >= 4 is 23.6 Å². The van der Waals surface area contributed by atoms with Crippen LogP contribution < -0.4 is 10.2 Å². The first-order valence-electron chi connectivity index (χ1n) is 12.9. The van der Waals surface area contributed by atoms with Gasteiger partial charge in [-0.05, 0) is 68.9 Å². The number of nitrogens with zero attached hydrogens (tertiary/aromatic N) is 3. The van der Waals surface area contributed by atoms with Crippen molar-refractivity contribution in [2.45, 2.75) is 69.6 Å². The lowest BCUT2D eigenvalue weighted by atomic mass is 9.52. The van der Waals surface area contributed by atoms with Crippen molar-refractivity contribution in [1.82, 2.24) is 15.2 Å². The molecule has 5 fully saturated rings. The Balaban J connectivity index is 1.20. The van der Waals surface area contributed by atoms with Crippen LogP contribution in [0.15, 0.2) is 18.2 Å². The molecule has 5 aliphatic rings. The van der Waals surface area contributed by atoms with E-state index in [9.17, 15) is 19.5 Å². The number of pyridine rings is 1. The van der Waals surface area contributed by atoms with Crippen LogP contribution in [0.5, 0.6) is 0 Å². The number of aliphatic hydroxyl groups is 1. The molecule has 3 unspecified atom stereocenters. The highest BCUT2D eigenvalue weighted by molar-refractivity contribution is 5.93. The van der Waals surface area contributed by atoms with Gasteiger partial charge in [0.2, 0.25) is 5.91 Å². The molecule has 1 aliphatic heterocycles. The van der Waals surface area contributed by atoms with Crippen LogP contribution >= 0.6 is 0 Å². The van der Waals surface area contributed by atoms with Gasteiger partial charge in [0.05, 0.1) is 19.1 Å². The second-order valence-corrected chi connectivity index (χ2v) is 11.0. The van der Waals surface area contributed by atoms with Gasteiger partial charge in [-0.25, -0.2) is 4.98 Å². The molecule has 0 radical (unpaired) electrons. The summed E-state index contributed by atoms with van der Waals surface area (Å²) in [6.07, 6.45) is 4.93. The zero-order valence-corrected chi connectivity index (χ0v) is 20.6. The van der Waals surface area contributed by atoms with Crippen LogP contribution in [0.4, 0.5) is 5.82 Å². The summed E-state index contributed by atoms with van der Waals surface area (Å²) in [5, 5.41) is 14.1. The minimum Gasteiger partial charge on any atom is -0.469 e. The third-order valence-electron chi connectivity index (χ3n) is 8.55. The first-order chi connectivity index (χ1) is 16.7. The maximum absolute atomic E-state index is 13.2. The molecule has 9 nitrogen and oxygen atoms in total. The Morgan fingerprint density at radius 3 is 2.54 bits per heavy atom. The molecule has 35 heavy (non-hydrogen) atoms. The molecular weight excluding hydrogens is 448 g/mol. The summed E-state index contributed by atoms with van der Waals surface area (Å²) in [6.45, 7) is 3.72. The molecule has 0 aromatic carbocycles. The fourth-order valence-corrected chi connectivity index (χ4v) is 7.15. The number of hydrogen-bond donors (Lipinski definition) is 2. The van der Waals surface area contributed by atoms with Gasteiger partial charge in [-0.3, -0.25) is 14.4 Å². The van der Waals surface area contributed by atoms with E-state index in [1.54, 1.807) is 11.0 Å². The van der Waals surface area contributed by atoms with Crippen molar-refractivity contribution < 1.29 is 24.2 Å². The molecule has 2 heterocycles. The average Bonchev–Trinajstić information content (AvgIpc) is 2.83. The van der Waals surface area contributed by atoms with Crippen molar-refractivity contribution in [3.8, 4) is 0 Å². The number of carbonyl (C=O) groups is 3. The molecule has 3 atom stereocenters. The van der Waals surface area contributed by atoms with Gasteiger partial charge in [0, 0.05) is 38.1 Å². The topological polar surface area (TPSA) is 112 Å². The van der Waals surface area contributed by atoms with E-state index < -0.39 is 5.60 Å². The van der Waals surface area contributed by atoms with Crippen LogP contribution in [-0.4, -0.2) is 77.2 Å². The summed E-state index contributed by atoms with van der Waals surface area (Å²) < 4.78 is 4.62. The lowest BCUT2D eigenvalue weighted by Crippen LogP contribution is -2.61. The Morgan fingerprint density at radius 2 is 1.89 bits per heavy atom. The van der Waals surface area contributed by atoms with Crippen molar-refractivity contribution in [2.24, 2.45) is 17.8 Å². The lowest BCUT2D eigenvalue weighted by molar-refractivity contribution is -0.143. The van der Waals surface area contributed by atoms with E-state index in [2.05, 4.69) is 19.9 Å². The van der Waals surface area contributed by atoms with Gasteiger partial charge < -0.3 is 25.0 Å². The molecule has 4 bridgehead atoms. The molecule has 6 rings (SSSR count). The quantitative estimate of drug-likeness (QED) is 0.592.